The molecule has 0 bridgehead atoms. The summed E-state index contributed by atoms with van der Waals surface area (Å²) >= 11 is 0. The summed E-state index contributed by atoms with van der Waals surface area (Å²) in [6, 6.07) is 4.10. The number of rotatable bonds is 3. The molecule has 1 heterocycles. The van der Waals surface area contributed by atoms with E-state index in [2.05, 4.69) is 18.0 Å². The van der Waals surface area contributed by atoms with E-state index < -0.39 is 0 Å². The standard InChI is InChI=1S/C13H19NO.C2H6/c1-2-11-8-9-13(10-14-11)15-12-6-4-3-5-7-12;1-2/h8-10,12H,2-7H2,1H3;1-2H3. The van der Waals surface area contributed by atoms with Gasteiger partial charge in [0.25, 0.3) is 0 Å². The third kappa shape index (κ3) is 4.76. The molecule has 96 valence electrons. The normalized spacial score (nSPS) is 15.9. The van der Waals surface area contributed by atoms with Crippen molar-refractivity contribution in [3.05, 3.63) is 24.0 Å². The first kappa shape index (κ1) is 14.0. The van der Waals surface area contributed by atoms with Crippen LogP contribution in [0.15, 0.2) is 18.3 Å². The molecule has 17 heavy (non-hydrogen) atoms. The molecule has 0 aliphatic heterocycles. The highest BCUT2D eigenvalue weighted by Crippen LogP contribution is 2.22. The molecule has 1 aliphatic rings. The number of aryl methyl sites for hydroxylation is 1. The summed E-state index contributed by atoms with van der Waals surface area (Å²) in [6.07, 6.45) is 9.67. The molecule has 1 aromatic rings. The van der Waals surface area contributed by atoms with Crippen molar-refractivity contribution >= 4 is 0 Å². The predicted octanol–water partition coefficient (Wildman–Crippen LogP) is 4.38. The molecule has 0 radical (unpaired) electrons. The van der Waals surface area contributed by atoms with Crippen molar-refractivity contribution in [2.24, 2.45) is 0 Å². The van der Waals surface area contributed by atoms with Gasteiger partial charge in [0, 0.05) is 5.69 Å². The van der Waals surface area contributed by atoms with Crippen LogP contribution in [0.25, 0.3) is 0 Å². The van der Waals surface area contributed by atoms with Gasteiger partial charge in [-0.1, -0.05) is 27.2 Å². The molecule has 0 unspecified atom stereocenters. The van der Waals surface area contributed by atoms with Gasteiger partial charge in [-0.15, -0.1) is 0 Å². The summed E-state index contributed by atoms with van der Waals surface area (Å²) in [5, 5.41) is 0. The molecule has 2 rings (SSSR count). The first-order valence-corrected chi connectivity index (χ1v) is 7.00. The lowest BCUT2D eigenvalue weighted by Gasteiger charge is -2.22. The van der Waals surface area contributed by atoms with E-state index in [1.165, 1.54) is 32.1 Å². The number of hydrogen-bond acceptors (Lipinski definition) is 2. The van der Waals surface area contributed by atoms with Gasteiger partial charge in [0.15, 0.2) is 0 Å². The van der Waals surface area contributed by atoms with Crippen LogP contribution in [0.4, 0.5) is 0 Å². The van der Waals surface area contributed by atoms with Crippen LogP contribution in [0, 0.1) is 0 Å². The molecule has 0 aromatic carbocycles. The fraction of sp³-hybridized carbons (Fsp3) is 0.667. The van der Waals surface area contributed by atoms with Crippen LogP contribution in [0.2, 0.25) is 0 Å². The molecule has 1 saturated carbocycles. The Morgan fingerprint density at radius 3 is 2.41 bits per heavy atom. The second-order valence-electron chi connectivity index (χ2n) is 4.22. The number of pyridine rings is 1. The highest BCUT2D eigenvalue weighted by atomic mass is 16.5. The fourth-order valence-electron chi connectivity index (χ4n) is 2.07. The number of hydrogen-bond donors (Lipinski definition) is 0. The number of aromatic nitrogens is 1. The van der Waals surface area contributed by atoms with Crippen molar-refractivity contribution in [2.75, 3.05) is 0 Å². The summed E-state index contributed by atoms with van der Waals surface area (Å²) in [6.45, 7) is 6.12. The zero-order valence-corrected chi connectivity index (χ0v) is 11.4. The van der Waals surface area contributed by atoms with Gasteiger partial charge in [-0.3, -0.25) is 4.98 Å². The van der Waals surface area contributed by atoms with Gasteiger partial charge in [0.2, 0.25) is 0 Å². The topological polar surface area (TPSA) is 22.1 Å². The Morgan fingerprint density at radius 1 is 1.18 bits per heavy atom. The minimum atomic E-state index is 0.424. The van der Waals surface area contributed by atoms with Crippen molar-refractivity contribution in [3.8, 4) is 5.75 Å². The Bertz CT molecular complexity index is 288. The minimum absolute atomic E-state index is 0.424. The van der Waals surface area contributed by atoms with Crippen molar-refractivity contribution in [3.63, 3.8) is 0 Å². The molecule has 0 spiro atoms. The van der Waals surface area contributed by atoms with Crippen LogP contribution < -0.4 is 4.74 Å². The van der Waals surface area contributed by atoms with Gasteiger partial charge >= 0.3 is 0 Å². The van der Waals surface area contributed by atoms with Gasteiger partial charge in [0.05, 0.1) is 12.3 Å². The fourth-order valence-corrected chi connectivity index (χ4v) is 2.07. The maximum absolute atomic E-state index is 5.89. The third-order valence-corrected chi connectivity index (χ3v) is 3.01. The number of nitrogens with zero attached hydrogens (tertiary/aromatic N) is 1. The molecule has 1 aromatic heterocycles. The lowest BCUT2D eigenvalue weighted by Crippen LogP contribution is -2.19. The molecular weight excluding hydrogens is 210 g/mol. The molecule has 2 heteroatoms. The van der Waals surface area contributed by atoms with Crippen LogP contribution in [0.3, 0.4) is 0 Å². The molecule has 0 atom stereocenters. The second kappa shape index (κ2) is 8.10. The van der Waals surface area contributed by atoms with E-state index >= 15 is 0 Å². The van der Waals surface area contributed by atoms with Crippen molar-refractivity contribution < 1.29 is 4.74 Å². The summed E-state index contributed by atoms with van der Waals surface area (Å²) < 4.78 is 5.89. The summed E-state index contributed by atoms with van der Waals surface area (Å²) in [5.74, 6) is 0.930. The zero-order chi connectivity index (χ0) is 12.5. The van der Waals surface area contributed by atoms with E-state index in [0.717, 1.165) is 17.9 Å². The predicted molar refractivity (Wildman–Crippen MR) is 72.5 cm³/mol. The Balaban J connectivity index is 0.000000686. The van der Waals surface area contributed by atoms with Gasteiger partial charge in [0.1, 0.15) is 5.75 Å². The van der Waals surface area contributed by atoms with Crippen LogP contribution in [0.1, 0.15) is 58.6 Å². The van der Waals surface area contributed by atoms with Crippen LogP contribution in [-0.2, 0) is 6.42 Å². The Hall–Kier alpha value is -1.05. The summed E-state index contributed by atoms with van der Waals surface area (Å²) in [7, 11) is 0. The molecular formula is C15H25NO. The Kier molecular flexibility index (Phi) is 6.68. The summed E-state index contributed by atoms with van der Waals surface area (Å²) in [5.41, 5.74) is 1.13. The van der Waals surface area contributed by atoms with E-state index in [-0.39, 0.29) is 0 Å². The lowest BCUT2D eigenvalue weighted by molar-refractivity contribution is 0.154. The van der Waals surface area contributed by atoms with Gasteiger partial charge in [-0.2, -0.15) is 0 Å². The van der Waals surface area contributed by atoms with Crippen molar-refractivity contribution in [2.45, 2.75) is 65.4 Å². The van der Waals surface area contributed by atoms with Crippen LogP contribution in [0.5, 0.6) is 5.75 Å². The highest BCUT2D eigenvalue weighted by molar-refractivity contribution is 5.20. The van der Waals surface area contributed by atoms with Crippen molar-refractivity contribution in [1.82, 2.24) is 4.98 Å². The Labute approximate surface area is 105 Å². The number of ether oxygens (including phenoxy) is 1. The first-order valence-electron chi connectivity index (χ1n) is 7.00. The van der Waals surface area contributed by atoms with E-state index in [9.17, 15) is 0 Å². The molecule has 1 aliphatic carbocycles. The van der Waals surface area contributed by atoms with Gasteiger partial charge in [-0.25, -0.2) is 0 Å². The molecule has 0 amide bonds. The second-order valence-corrected chi connectivity index (χ2v) is 4.22. The van der Waals surface area contributed by atoms with E-state index in [1.54, 1.807) is 0 Å². The SMILES string of the molecule is CC.CCc1ccc(OC2CCCCC2)cn1. The largest absolute Gasteiger partial charge is 0.489 e. The van der Waals surface area contributed by atoms with E-state index in [4.69, 9.17) is 4.74 Å². The molecule has 0 saturated heterocycles. The molecule has 2 nitrogen and oxygen atoms in total. The monoisotopic (exact) mass is 235 g/mol. The zero-order valence-electron chi connectivity index (χ0n) is 11.4. The highest BCUT2D eigenvalue weighted by Gasteiger charge is 2.14. The quantitative estimate of drug-likeness (QED) is 0.775. The van der Waals surface area contributed by atoms with E-state index in [0.29, 0.717) is 6.10 Å². The van der Waals surface area contributed by atoms with Crippen molar-refractivity contribution in [1.29, 1.82) is 0 Å². The average Bonchev–Trinajstić information content (AvgIpc) is 2.43. The first-order chi connectivity index (χ1) is 8.38. The smallest absolute Gasteiger partial charge is 0.138 e. The average molecular weight is 235 g/mol. The summed E-state index contributed by atoms with van der Waals surface area (Å²) in [4.78, 5) is 4.34. The Morgan fingerprint density at radius 2 is 1.88 bits per heavy atom. The third-order valence-electron chi connectivity index (χ3n) is 3.01. The maximum atomic E-state index is 5.89. The molecule has 0 N–H and O–H groups in total. The van der Waals surface area contributed by atoms with E-state index in [1.807, 2.05) is 26.1 Å². The molecule has 1 fully saturated rings. The van der Waals surface area contributed by atoms with Crippen LogP contribution >= 0.6 is 0 Å². The maximum Gasteiger partial charge on any atom is 0.138 e. The minimum Gasteiger partial charge on any atom is -0.489 e. The van der Waals surface area contributed by atoms with Crippen LogP contribution in [-0.4, -0.2) is 11.1 Å². The van der Waals surface area contributed by atoms with Gasteiger partial charge in [-0.05, 0) is 44.2 Å². The van der Waals surface area contributed by atoms with Gasteiger partial charge < -0.3 is 4.74 Å². The lowest BCUT2D eigenvalue weighted by atomic mass is 9.98.